The lowest BCUT2D eigenvalue weighted by Gasteiger charge is -2.10. The van der Waals surface area contributed by atoms with Crippen molar-refractivity contribution in [3.8, 4) is 0 Å². The number of benzene rings is 2. The third kappa shape index (κ3) is 4.49. The van der Waals surface area contributed by atoms with Gasteiger partial charge >= 0.3 is 0 Å². The van der Waals surface area contributed by atoms with Gasteiger partial charge in [0.25, 0.3) is 5.91 Å². The molecule has 1 amide bonds. The Morgan fingerprint density at radius 3 is 2.76 bits per heavy atom. The number of amides is 1. The topological polar surface area (TPSA) is 68.0 Å². The molecule has 0 atom stereocenters. The molecule has 0 saturated heterocycles. The van der Waals surface area contributed by atoms with Crippen LogP contribution in [0.2, 0.25) is 0 Å². The Hall–Kier alpha value is -2.12. The molecule has 1 heterocycles. The molecule has 0 aliphatic carbocycles. The maximum atomic E-state index is 12.7. The minimum Gasteiger partial charge on any atom is -0.340 e. The van der Waals surface area contributed by atoms with Gasteiger partial charge in [-0.05, 0) is 42.8 Å². The first kappa shape index (κ1) is 17.7. The highest BCUT2D eigenvalue weighted by atomic mass is 79.9. The molecule has 25 heavy (non-hydrogen) atoms. The lowest BCUT2D eigenvalue weighted by molar-refractivity contribution is 0.102. The van der Waals surface area contributed by atoms with Gasteiger partial charge in [0.2, 0.25) is 5.89 Å². The summed E-state index contributed by atoms with van der Waals surface area (Å²) in [7, 11) is 0. The van der Waals surface area contributed by atoms with Crippen LogP contribution in [0.3, 0.4) is 0 Å². The number of halogens is 1. The predicted octanol–water partition coefficient (Wildman–Crippen LogP) is 4.99. The SMILES string of the molecule is Cc1nc(CSc2ccccc2C(=O)Nc2ccc(Br)c(C)c2)no1. The van der Waals surface area contributed by atoms with E-state index in [-0.39, 0.29) is 5.91 Å². The van der Waals surface area contributed by atoms with Gasteiger partial charge in [-0.25, -0.2) is 0 Å². The van der Waals surface area contributed by atoms with Crippen LogP contribution in [-0.4, -0.2) is 16.0 Å². The number of hydrogen-bond donors (Lipinski definition) is 1. The number of hydrogen-bond acceptors (Lipinski definition) is 5. The molecule has 0 saturated carbocycles. The van der Waals surface area contributed by atoms with E-state index in [4.69, 9.17) is 4.52 Å². The van der Waals surface area contributed by atoms with Gasteiger partial charge in [0.1, 0.15) is 0 Å². The number of anilines is 1. The first-order chi connectivity index (χ1) is 12.0. The van der Waals surface area contributed by atoms with E-state index < -0.39 is 0 Å². The molecule has 5 nitrogen and oxygen atoms in total. The van der Waals surface area contributed by atoms with Crippen molar-refractivity contribution in [2.75, 3.05) is 5.32 Å². The number of nitrogens with one attached hydrogen (secondary N) is 1. The molecule has 0 bridgehead atoms. The predicted molar refractivity (Wildman–Crippen MR) is 102 cm³/mol. The van der Waals surface area contributed by atoms with Gasteiger partial charge in [-0.1, -0.05) is 33.2 Å². The summed E-state index contributed by atoms with van der Waals surface area (Å²) in [6.07, 6.45) is 0. The summed E-state index contributed by atoms with van der Waals surface area (Å²) in [5, 5.41) is 6.83. The third-order valence-electron chi connectivity index (χ3n) is 3.47. The highest BCUT2D eigenvalue weighted by Gasteiger charge is 2.13. The molecule has 3 rings (SSSR count). The number of aromatic nitrogens is 2. The Bertz CT molecular complexity index is 911. The molecule has 7 heteroatoms. The van der Waals surface area contributed by atoms with Crippen LogP contribution in [0.15, 0.2) is 56.4 Å². The van der Waals surface area contributed by atoms with Crippen molar-refractivity contribution >= 4 is 39.3 Å². The van der Waals surface area contributed by atoms with Crippen molar-refractivity contribution in [3.63, 3.8) is 0 Å². The summed E-state index contributed by atoms with van der Waals surface area (Å²) in [5.41, 5.74) is 2.44. The zero-order chi connectivity index (χ0) is 17.8. The Morgan fingerprint density at radius 2 is 2.04 bits per heavy atom. The number of thioether (sulfide) groups is 1. The van der Waals surface area contributed by atoms with Gasteiger partial charge in [0.15, 0.2) is 5.82 Å². The molecule has 0 aliphatic rings. The summed E-state index contributed by atoms with van der Waals surface area (Å²) in [6, 6.07) is 13.2. The molecule has 3 aromatic rings. The van der Waals surface area contributed by atoms with Gasteiger partial charge in [-0.2, -0.15) is 4.98 Å². The summed E-state index contributed by atoms with van der Waals surface area (Å²) in [6.45, 7) is 3.74. The van der Waals surface area contributed by atoms with E-state index in [1.165, 1.54) is 11.8 Å². The van der Waals surface area contributed by atoms with E-state index >= 15 is 0 Å². The second-order valence-electron chi connectivity index (χ2n) is 5.43. The number of carbonyl (C=O) groups excluding carboxylic acids is 1. The van der Waals surface area contributed by atoms with Crippen LogP contribution in [-0.2, 0) is 5.75 Å². The first-order valence-corrected chi connectivity index (χ1v) is 9.39. The fourth-order valence-electron chi connectivity index (χ4n) is 2.24. The van der Waals surface area contributed by atoms with Gasteiger partial charge in [0, 0.05) is 22.0 Å². The van der Waals surface area contributed by atoms with E-state index in [1.807, 2.05) is 49.4 Å². The molecular weight excluding hydrogens is 402 g/mol. The maximum absolute atomic E-state index is 12.7. The quantitative estimate of drug-likeness (QED) is 0.591. The van der Waals surface area contributed by atoms with Crippen molar-refractivity contribution in [1.82, 2.24) is 10.1 Å². The third-order valence-corrected chi connectivity index (χ3v) is 5.43. The highest BCUT2D eigenvalue weighted by molar-refractivity contribution is 9.10. The van der Waals surface area contributed by atoms with Crippen LogP contribution >= 0.6 is 27.7 Å². The highest BCUT2D eigenvalue weighted by Crippen LogP contribution is 2.27. The summed E-state index contributed by atoms with van der Waals surface area (Å²) in [5.74, 6) is 1.54. The van der Waals surface area contributed by atoms with Gasteiger partial charge in [-0.3, -0.25) is 4.79 Å². The van der Waals surface area contributed by atoms with E-state index in [2.05, 4.69) is 31.4 Å². The Labute approximate surface area is 158 Å². The van der Waals surface area contributed by atoms with Crippen molar-refractivity contribution in [2.45, 2.75) is 24.5 Å². The zero-order valence-corrected chi connectivity index (χ0v) is 16.1. The lowest BCUT2D eigenvalue weighted by Crippen LogP contribution is -2.13. The van der Waals surface area contributed by atoms with E-state index in [9.17, 15) is 4.79 Å². The van der Waals surface area contributed by atoms with E-state index in [0.29, 0.717) is 23.0 Å². The van der Waals surface area contributed by atoms with Crippen molar-refractivity contribution < 1.29 is 9.32 Å². The number of nitrogens with zero attached hydrogens (tertiary/aromatic N) is 2. The number of rotatable bonds is 5. The van der Waals surface area contributed by atoms with E-state index in [1.54, 1.807) is 6.92 Å². The Morgan fingerprint density at radius 1 is 1.24 bits per heavy atom. The molecular formula is C18H16BrN3O2S. The minimum atomic E-state index is -0.144. The van der Waals surface area contributed by atoms with Crippen molar-refractivity contribution in [3.05, 3.63) is 69.8 Å². The fourth-order valence-corrected chi connectivity index (χ4v) is 3.38. The van der Waals surface area contributed by atoms with Gasteiger partial charge < -0.3 is 9.84 Å². The standard InChI is InChI=1S/C18H16BrN3O2S/c1-11-9-13(7-8-15(11)19)21-18(23)14-5-3-4-6-16(14)25-10-17-20-12(2)24-22-17/h3-9H,10H2,1-2H3,(H,21,23). The minimum absolute atomic E-state index is 0.144. The van der Waals surface area contributed by atoms with Crippen molar-refractivity contribution in [1.29, 1.82) is 0 Å². The van der Waals surface area contributed by atoms with Crippen LogP contribution in [0.5, 0.6) is 0 Å². The monoisotopic (exact) mass is 417 g/mol. The summed E-state index contributed by atoms with van der Waals surface area (Å²) >= 11 is 4.97. The van der Waals surface area contributed by atoms with Gasteiger partial charge in [-0.15, -0.1) is 11.8 Å². The zero-order valence-electron chi connectivity index (χ0n) is 13.7. The molecule has 0 radical (unpaired) electrons. The van der Waals surface area contributed by atoms with Crippen LogP contribution in [0, 0.1) is 13.8 Å². The average molecular weight is 418 g/mol. The normalized spacial score (nSPS) is 10.7. The molecule has 1 aromatic heterocycles. The fraction of sp³-hybridized carbons (Fsp3) is 0.167. The molecule has 128 valence electrons. The Kier molecular flexibility index (Phi) is 5.55. The second kappa shape index (κ2) is 7.84. The largest absolute Gasteiger partial charge is 0.340 e. The smallest absolute Gasteiger partial charge is 0.256 e. The van der Waals surface area contributed by atoms with E-state index in [0.717, 1.165) is 20.6 Å². The maximum Gasteiger partial charge on any atom is 0.256 e. The van der Waals surface area contributed by atoms with Crippen LogP contribution < -0.4 is 5.32 Å². The number of carbonyl (C=O) groups is 1. The summed E-state index contributed by atoms with van der Waals surface area (Å²) < 4.78 is 5.98. The number of aryl methyl sites for hydroxylation is 2. The second-order valence-corrected chi connectivity index (χ2v) is 7.30. The van der Waals surface area contributed by atoms with Crippen LogP contribution in [0.4, 0.5) is 5.69 Å². The lowest BCUT2D eigenvalue weighted by atomic mass is 10.2. The Balaban J connectivity index is 1.74. The molecule has 2 aromatic carbocycles. The molecule has 1 N–H and O–H groups in total. The van der Waals surface area contributed by atoms with Gasteiger partial charge in [0.05, 0.1) is 11.3 Å². The molecule has 0 spiro atoms. The van der Waals surface area contributed by atoms with Crippen LogP contribution in [0.1, 0.15) is 27.6 Å². The molecule has 0 aliphatic heterocycles. The van der Waals surface area contributed by atoms with Crippen LogP contribution in [0.25, 0.3) is 0 Å². The average Bonchev–Trinajstić information content (AvgIpc) is 3.02. The van der Waals surface area contributed by atoms with Crippen molar-refractivity contribution in [2.24, 2.45) is 0 Å². The molecule has 0 fully saturated rings. The first-order valence-electron chi connectivity index (χ1n) is 7.61. The molecule has 0 unspecified atom stereocenters. The summed E-state index contributed by atoms with van der Waals surface area (Å²) in [4.78, 5) is 17.7.